The molecule has 112 valence electrons. The highest BCUT2D eigenvalue weighted by Gasteiger charge is 2.03. The van der Waals surface area contributed by atoms with E-state index in [1.165, 1.54) is 18.4 Å². The van der Waals surface area contributed by atoms with Crippen LogP contribution in [0.15, 0.2) is 30.3 Å². The second-order valence-electron chi connectivity index (χ2n) is 4.95. The largest absolute Gasteiger partial charge is 0.384 e. The molecular weight excluding hydrogens is 264 g/mol. The molecule has 0 aliphatic rings. The van der Waals surface area contributed by atoms with Crippen molar-refractivity contribution in [3.8, 4) is 0 Å². The number of ether oxygens (including phenoxy) is 1. The number of nitrogens with two attached hydrogens (primary N) is 1. The van der Waals surface area contributed by atoms with Crippen LogP contribution in [0.5, 0.6) is 0 Å². The van der Waals surface area contributed by atoms with Gasteiger partial charge in [-0.05, 0) is 30.5 Å². The molecule has 0 bridgehead atoms. The number of nitrogens with one attached hydrogen (secondary N) is 1. The van der Waals surface area contributed by atoms with Crippen molar-refractivity contribution in [3.63, 3.8) is 0 Å². The molecule has 0 unspecified atom stereocenters. The molecule has 5 heteroatoms. The topological polar surface area (TPSA) is 73.1 Å². The average molecular weight is 286 g/mol. The highest BCUT2D eigenvalue weighted by molar-refractivity contribution is 5.58. The lowest BCUT2D eigenvalue weighted by molar-refractivity contribution is 0.178. The van der Waals surface area contributed by atoms with Gasteiger partial charge >= 0.3 is 0 Å². The minimum absolute atomic E-state index is 0.343. The Labute approximate surface area is 125 Å². The summed E-state index contributed by atoms with van der Waals surface area (Å²) in [4.78, 5) is 8.48. The van der Waals surface area contributed by atoms with E-state index in [2.05, 4.69) is 46.5 Å². The van der Waals surface area contributed by atoms with Gasteiger partial charge in [0, 0.05) is 18.9 Å². The number of nitrogen functional groups attached to an aromatic ring is 1. The Bertz CT molecular complexity index is 569. The van der Waals surface area contributed by atoms with Gasteiger partial charge in [0.15, 0.2) is 5.82 Å². The summed E-state index contributed by atoms with van der Waals surface area (Å²) in [6, 6.07) is 10.1. The van der Waals surface area contributed by atoms with E-state index in [-0.39, 0.29) is 0 Å². The van der Waals surface area contributed by atoms with Gasteiger partial charge in [0.2, 0.25) is 0 Å². The Kier molecular flexibility index (Phi) is 5.51. The number of benzene rings is 1. The second kappa shape index (κ2) is 7.59. The van der Waals surface area contributed by atoms with E-state index in [4.69, 9.17) is 10.5 Å². The lowest BCUT2D eigenvalue weighted by atomic mass is 10.1. The second-order valence-corrected chi connectivity index (χ2v) is 4.95. The smallest absolute Gasteiger partial charge is 0.158 e. The number of nitrogens with zero attached hydrogens (tertiary/aromatic N) is 2. The first-order chi connectivity index (χ1) is 10.2. The van der Waals surface area contributed by atoms with Crippen LogP contribution >= 0.6 is 0 Å². The number of methoxy groups -OCH3 is 1. The monoisotopic (exact) mass is 286 g/mol. The molecule has 0 aliphatic carbocycles. The fourth-order valence-corrected chi connectivity index (χ4v) is 2.06. The molecule has 1 aromatic carbocycles. The summed E-state index contributed by atoms with van der Waals surface area (Å²) >= 11 is 0. The van der Waals surface area contributed by atoms with Crippen molar-refractivity contribution in [1.82, 2.24) is 9.97 Å². The van der Waals surface area contributed by atoms with Gasteiger partial charge in [-0.15, -0.1) is 0 Å². The van der Waals surface area contributed by atoms with Crippen molar-refractivity contribution in [2.75, 3.05) is 18.2 Å². The minimum Gasteiger partial charge on any atom is -0.384 e. The quantitative estimate of drug-likeness (QED) is 0.817. The van der Waals surface area contributed by atoms with Gasteiger partial charge in [0.05, 0.1) is 0 Å². The van der Waals surface area contributed by atoms with Crippen molar-refractivity contribution in [3.05, 3.63) is 41.7 Å². The Morgan fingerprint density at radius 1 is 1.19 bits per heavy atom. The summed E-state index contributed by atoms with van der Waals surface area (Å²) < 4.78 is 5.03. The summed E-state index contributed by atoms with van der Waals surface area (Å²) in [6.07, 6.45) is 3.55. The number of hydrogen-bond donors (Lipinski definition) is 2. The van der Waals surface area contributed by atoms with Crippen molar-refractivity contribution in [2.45, 2.75) is 32.8 Å². The van der Waals surface area contributed by atoms with Crippen LogP contribution in [0.3, 0.4) is 0 Å². The normalized spacial score (nSPS) is 10.6. The molecule has 0 aliphatic heterocycles. The molecule has 1 heterocycles. The predicted molar refractivity (Wildman–Crippen MR) is 85.5 cm³/mol. The van der Waals surface area contributed by atoms with Gasteiger partial charge in [-0.25, -0.2) is 9.97 Å². The van der Waals surface area contributed by atoms with E-state index in [0.717, 1.165) is 12.1 Å². The zero-order chi connectivity index (χ0) is 15.1. The van der Waals surface area contributed by atoms with Gasteiger partial charge < -0.3 is 15.8 Å². The third-order valence-electron chi connectivity index (χ3n) is 3.11. The van der Waals surface area contributed by atoms with Gasteiger partial charge in [0.1, 0.15) is 18.2 Å². The van der Waals surface area contributed by atoms with E-state index < -0.39 is 0 Å². The summed E-state index contributed by atoms with van der Waals surface area (Å²) in [7, 11) is 1.61. The number of unbranched alkanes of at least 4 members (excludes halogenated alkanes) is 1. The summed E-state index contributed by atoms with van der Waals surface area (Å²) in [5.41, 5.74) is 8.11. The molecule has 0 radical (unpaired) electrons. The van der Waals surface area contributed by atoms with Crippen LogP contribution in [0, 0.1) is 0 Å². The fourth-order valence-electron chi connectivity index (χ4n) is 2.06. The molecule has 0 saturated carbocycles. The molecule has 0 fully saturated rings. The van der Waals surface area contributed by atoms with E-state index >= 15 is 0 Å². The van der Waals surface area contributed by atoms with E-state index in [9.17, 15) is 0 Å². The molecule has 0 spiro atoms. The third kappa shape index (κ3) is 4.72. The van der Waals surface area contributed by atoms with Crippen LogP contribution in [-0.2, 0) is 17.8 Å². The number of aryl methyl sites for hydroxylation is 1. The number of hydrogen-bond acceptors (Lipinski definition) is 5. The summed E-state index contributed by atoms with van der Waals surface area (Å²) in [6.45, 7) is 2.54. The standard InChI is InChI=1S/C16H22N4O/c1-3-4-5-12-6-8-13(9-7-12)18-15-10-14(17)19-16(20-15)11-21-2/h6-10H,3-5,11H2,1-2H3,(H3,17,18,19,20). The van der Waals surface area contributed by atoms with Crippen molar-refractivity contribution in [2.24, 2.45) is 0 Å². The van der Waals surface area contributed by atoms with Crippen molar-refractivity contribution in [1.29, 1.82) is 0 Å². The van der Waals surface area contributed by atoms with Crippen LogP contribution < -0.4 is 11.1 Å². The first-order valence-corrected chi connectivity index (χ1v) is 7.19. The first kappa shape index (κ1) is 15.3. The number of aromatic nitrogens is 2. The molecule has 0 amide bonds. The molecule has 0 saturated heterocycles. The summed E-state index contributed by atoms with van der Waals surface area (Å²) in [5.74, 6) is 1.68. The van der Waals surface area contributed by atoms with Gasteiger partial charge in [0.25, 0.3) is 0 Å². The van der Waals surface area contributed by atoms with E-state index in [1.807, 2.05) is 0 Å². The highest BCUT2D eigenvalue weighted by Crippen LogP contribution is 2.18. The van der Waals surface area contributed by atoms with Crippen molar-refractivity contribution < 1.29 is 4.74 Å². The Hall–Kier alpha value is -2.14. The predicted octanol–water partition coefficient (Wildman–Crippen LogP) is 3.29. The summed E-state index contributed by atoms with van der Waals surface area (Å²) in [5, 5.41) is 3.24. The van der Waals surface area contributed by atoms with Crippen LogP contribution in [0.4, 0.5) is 17.3 Å². The maximum absolute atomic E-state index is 5.78. The fraction of sp³-hybridized carbons (Fsp3) is 0.375. The van der Waals surface area contributed by atoms with Crippen LogP contribution in [0.25, 0.3) is 0 Å². The van der Waals surface area contributed by atoms with Crippen LogP contribution in [0.2, 0.25) is 0 Å². The SMILES string of the molecule is CCCCc1ccc(Nc2cc(N)nc(COC)n2)cc1. The molecule has 0 atom stereocenters. The zero-order valence-electron chi connectivity index (χ0n) is 12.6. The van der Waals surface area contributed by atoms with E-state index in [1.54, 1.807) is 13.2 Å². The molecule has 2 aromatic rings. The average Bonchev–Trinajstić information content (AvgIpc) is 2.46. The molecular formula is C16H22N4O. The van der Waals surface area contributed by atoms with Gasteiger partial charge in [-0.3, -0.25) is 0 Å². The third-order valence-corrected chi connectivity index (χ3v) is 3.11. The Balaban J connectivity index is 2.07. The van der Waals surface area contributed by atoms with Gasteiger partial charge in [-0.1, -0.05) is 25.5 Å². The first-order valence-electron chi connectivity index (χ1n) is 7.19. The van der Waals surface area contributed by atoms with Crippen LogP contribution in [-0.4, -0.2) is 17.1 Å². The molecule has 3 N–H and O–H groups in total. The molecule has 1 aromatic heterocycles. The molecule has 21 heavy (non-hydrogen) atoms. The van der Waals surface area contributed by atoms with Crippen molar-refractivity contribution >= 4 is 17.3 Å². The highest BCUT2D eigenvalue weighted by atomic mass is 16.5. The minimum atomic E-state index is 0.343. The number of rotatable bonds is 7. The van der Waals surface area contributed by atoms with Crippen LogP contribution in [0.1, 0.15) is 31.2 Å². The maximum Gasteiger partial charge on any atom is 0.158 e. The van der Waals surface area contributed by atoms with E-state index in [0.29, 0.717) is 24.1 Å². The Morgan fingerprint density at radius 3 is 2.62 bits per heavy atom. The zero-order valence-corrected chi connectivity index (χ0v) is 12.6. The molecule has 2 rings (SSSR count). The molecule has 5 nitrogen and oxygen atoms in total. The lowest BCUT2D eigenvalue weighted by Gasteiger charge is -2.09. The number of anilines is 3. The van der Waals surface area contributed by atoms with Gasteiger partial charge in [-0.2, -0.15) is 0 Å². The Morgan fingerprint density at radius 2 is 1.95 bits per heavy atom. The lowest BCUT2D eigenvalue weighted by Crippen LogP contribution is -2.04. The maximum atomic E-state index is 5.78.